The lowest BCUT2D eigenvalue weighted by Gasteiger charge is -2.20. The number of hydrogen-bond donors (Lipinski definition) is 2. The third kappa shape index (κ3) is 2.46. The molecule has 1 aliphatic rings. The smallest absolute Gasteiger partial charge is 0.163 e. The molecule has 0 fully saturated rings. The van der Waals surface area contributed by atoms with Crippen molar-refractivity contribution >= 4 is 16.7 Å². The Morgan fingerprint density at radius 2 is 1.75 bits per heavy atom. The lowest BCUT2D eigenvalue weighted by atomic mass is 9.86. The average molecular weight is 323 g/mol. The second-order valence-electron chi connectivity index (χ2n) is 7.15. The molecule has 0 unspecified atom stereocenters. The molecule has 4 rings (SSSR count). The lowest BCUT2D eigenvalue weighted by molar-refractivity contribution is 0.172. The highest BCUT2D eigenvalue weighted by atomic mass is 16.6. The fourth-order valence-electron chi connectivity index (χ4n) is 2.92. The summed E-state index contributed by atoms with van der Waals surface area (Å²) < 4.78 is 11.2. The van der Waals surface area contributed by atoms with Crippen molar-refractivity contribution in [2.24, 2.45) is 0 Å². The zero-order valence-corrected chi connectivity index (χ0v) is 14.1. The summed E-state index contributed by atoms with van der Waals surface area (Å²) in [4.78, 5) is 8.01. The first-order valence-electron chi connectivity index (χ1n) is 8.11. The highest BCUT2D eigenvalue weighted by molar-refractivity contribution is 5.85. The summed E-state index contributed by atoms with van der Waals surface area (Å²) in [6.45, 7) is 7.66. The standard InChI is InChI=1S/C19H21N3O2/c1-19(2,3)11-4-5-12(13(20)8-11)18-21-14-9-16-17(10-15(14)22-18)24-7-6-23-16/h4-5,8-10H,6-7,20H2,1-3H3,(H,21,22). The van der Waals surface area contributed by atoms with Gasteiger partial charge in [0.2, 0.25) is 0 Å². The van der Waals surface area contributed by atoms with Gasteiger partial charge >= 0.3 is 0 Å². The van der Waals surface area contributed by atoms with Gasteiger partial charge in [-0.25, -0.2) is 4.98 Å². The van der Waals surface area contributed by atoms with Crippen molar-refractivity contribution in [1.29, 1.82) is 0 Å². The second kappa shape index (κ2) is 5.16. The van der Waals surface area contributed by atoms with E-state index in [1.807, 2.05) is 24.3 Å². The molecule has 0 aliphatic carbocycles. The zero-order chi connectivity index (χ0) is 16.9. The van der Waals surface area contributed by atoms with Crippen molar-refractivity contribution in [3.63, 3.8) is 0 Å². The highest BCUT2D eigenvalue weighted by Crippen LogP contribution is 2.36. The van der Waals surface area contributed by atoms with E-state index in [1.54, 1.807) is 0 Å². The van der Waals surface area contributed by atoms with Crippen molar-refractivity contribution in [3.05, 3.63) is 35.9 Å². The number of benzene rings is 2. The average Bonchev–Trinajstić information content (AvgIpc) is 2.94. The van der Waals surface area contributed by atoms with Gasteiger partial charge in [0.25, 0.3) is 0 Å². The number of nitrogens with one attached hydrogen (secondary N) is 1. The van der Waals surface area contributed by atoms with Crippen LogP contribution in [0.2, 0.25) is 0 Å². The van der Waals surface area contributed by atoms with Crippen LogP contribution in [-0.2, 0) is 5.41 Å². The van der Waals surface area contributed by atoms with Gasteiger partial charge in [-0.05, 0) is 23.1 Å². The Labute approximate surface area is 140 Å². The molecule has 1 aromatic heterocycles. The Hall–Kier alpha value is -2.69. The molecule has 0 saturated heterocycles. The van der Waals surface area contributed by atoms with E-state index >= 15 is 0 Å². The third-order valence-corrected chi connectivity index (χ3v) is 4.32. The van der Waals surface area contributed by atoms with Crippen LogP contribution in [0.3, 0.4) is 0 Å². The van der Waals surface area contributed by atoms with Crippen LogP contribution in [0.15, 0.2) is 30.3 Å². The highest BCUT2D eigenvalue weighted by Gasteiger charge is 2.18. The summed E-state index contributed by atoms with van der Waals surface area (Å²) in [5.41, 5.74) is 10.9. The lowest BCUT2D eigenvalue weighted by Crippen LogP contribution is -2.15. The molecular formula is C19H21N3O2. The Bertz CT molecular complexity index is 879. The first-order valence-corrected chi connectivity index (χ1v) is 8.11. The van der Waals surface area contributed by atoms with E-state index in [0.717, 1.165) is 39.6 Å². The van der Waals surface area contributed by atoms with Crippen LogP contribution in [0.1, 0.15) is 26.3 Å². The normalized spacial score (nSPS) is 14.1. The number of H-pyrrole nitrogens is 1. The minimum absolute atomic E-state index is 0.0637. The fourth-order valence-corrected chi connectivity index (χ4v) is 2.92. The van der Waals surface area contributed by atoms with Gasteiger partial charge in [-0.2, -0.15) is 0 Å². The van der Waals surface area contributed by atoms with E-state index in [0.29, 0.717) is 13.2 Å². The molecular weight excluding hydrogens is 302 g/mol. The van der Waals surface area contributed by atoms with Crippen LogP contribution >= 0.6 is 0 Å². The minimum Gasteiger partial charge on any atom is -0.486 e. The van der Waals surface area contributed by atoms with Crippen molar-refractivity contribution in [2.75, 3.05) is 18.9 Å². The van der Waals surface area contributed by atoms with Crippen LogP contribution in [0.25, 0.3) is 22.4 Å². The molecule has 1 aliphatic heterocycles. The molecule has 3 aromatic rings. The van der Waals surface area contributed by atoms with Crippen LogP contribution in [0, 0.1) is 0 Å². The van der Waals surface area contributed by atoms with Gasteiger partial charge in [0.1, 0.15) is 19.0 Å². The van der Waals surface area contributed by atoms with E-state index in [4.69, 9.17) is 15.2 Å². The molecule has 0 saturated carbocycles. The van der Waals surface area contributed by atoms with Gasteiger partial charge in [-0.15, -0.1) is 0 Å². The van der Waals surface area contributed by atoms with Gasteiger partial charge in [0, 0.05) is 23.4 Å². The van der Waals surface area contributed by atoms with Crippen LogP contribution in [0.4, 0.5) is 5.69 Å². The Balaban J connectivity index is 1.79. The van der Waals surface area contributed by atoms with Gasteiger partial charge in [-0.3, -0.25) is 0 Å². The van der Waals surface area contributed by atoms with Gasteiger partial charge in [0.05, 0.1) is 11.0 Å². The number of rotatable bonds is 1. The number of anilines is 1. The number of imidazole rings is 1. The van der Waals surface area contributed by atoms with Crippen molar-refractivity contribution in [2.45, 2.75) is 26.2 Å². The molecule has 2 heterocycles. The predicted molar refractivity (Wildman–Crippen MR) is 95.6 cm³/mol. The molecule has 3 N–H and O–H groups in total. The topological polar surface area (TPSA) is 73.2 Å². The van der Waals surface area contributed by atoms with E-state index < -0.39 is 0 Å². The number of nitrogens with two attached hydrogens (primary N) is 1. The first-order chi connectivity index (χ1) is 11.4. The van der Waals surface area contributed by atoms with E-state index in [-0.39, 0.29) is 5.41 Å². The number of aromatic nitrogens is 2. The van der Waals surface area contributed by atoms with Crippen LogP contribution in [-0.4, -0.2) is 23.2 Å². The number of hydrogen-bond acceptors (Lipinski definition) is 4. The van der Waals surface area contributed by atoms with Crippen molar-refractivity contribution in [3.8, 4) is 22.9 Å². The Morgan fingerprint density at radius 1 is 1.04 bits per heavy atom. The molecule has 2 aromatic carbocycles. The maximum atomic E-state index is 6.28. The van der Waals surface area contributed by atoms with E-state index in [1.165, 1.54) is 5.56 Å². The summed E-state index contributed by atoms with van der Waals surface area (Å²) in [7, 11) is 0. The SMILES string of the molecule is CC(C)(C)c1ccc(-c2nc3cc4c(cc3[nH]2)OCCO4)c(N)c1. The fraction of sp³-hybridized carbons (Fsp3) is 0.316. The molecule has 0 atom stereocenters. The maximum Gasteiger partial charge on any atom is 0.163 e. The minimum atomic E-state index is 0.0637. The molecule has 5 nitrogen and oxygen atoms in total. The van der Waals surface area contributed by atoms with Crippen molar-refractivity contribution < 1.29 is 9.47 Å². The Kier molecular flexibility index (Phi) is 3.20. The number of ether oxygens (including phenoxy) is 2. The first kappa shape index (κ1) is 14.9. The molecule has 0 radical (unpaired) electrons. The van der Waals surface area contributed by atoms with E-state index in [9.17, 15) is 0 Å². The molecule has 5 heteroatoms. The summed E-state index contributed by atoms with van der Waals surface area (Å²) in [6, 6.07) is 10.0. The zero-order valence-electron chi connectivity index (χ0n) is 14.1. The summed E-state index contributed by atoms with van der Waals surface area (Å²) in [6.07, 6.45) is 0. The Morgan fingerprint density at radius 3 is 2.42 bits per heavy atom. The third-order valence-electron chi connectivity index (χ3n) is 4.32. The van der Waals surface area contributed by atoms with Crippen LogP contribution in [0.5, 0.6) is 11.5 Å². The number of fused-ring (bicyclic) bond motifs is 2. The number of nitrogens with zero attached hydrogens (tertiary/aromatic N) is 1. The number of aromatic amines is 1. The largest absolute Gasteiger partial charge is 0.486 e. The molecule has 24 heavy (non-hydrogen) atoms. The monoisotopic (exact) mass is 323 g/mol. The van der Waals surface area contributed by atoms with Crippen molar-refractivity contribution in [1.82, 2.24) is 9.97 Å². The summed E-state index contributed by atoms with van der Waals surface area (Å²) in [5, 5.41) is 0. The van der Waals surface area contributed by atoms with Gasteiger partial charge in [0.15, 0.2) is 11.5 Å². The van der Waals surface area contributed by atoms with Gasteiger partial charge < -0.3 is 20.2 Å². The number of nitrogen functional groups attached to an aromatic ring is 1. The molecule has 0 bridgehead atoms. The van der Waals surface area contributed by atoms with Crippen LogP contribution < -0.4 is 15.2 Å². The predicted octanol–water partition coefficient (Wildman–Crippen LogP) is 3.88. The molecule has 124 valence electrons. The maximum absolute atomic E-state index is 6.28. The molecule has 0 spiro atoms. The summed E-state index contributed by atoms with van der Waals surface area (Å²) >= 11 is 0. The molecule has 0 amide bonds. The van der Waals surface area contributed by atoms with Gasteiger partial charge in [-0.1, -0.05) is 26.8 Å². The quantitative estimate of drug-likeness (QED) is 0.667. The van der Waals surface area contributed by atoms with E-state index in [2.05, 4.69) is 36.8 Å². The second-order valence-corrected chi connectivity index (χ2v) is 7.15. The summed E-state index contributed by atoms with van der Waals surface area (Å²) in [5.74, 6) is 2.24.